The molecule has 3 N–H and O–H groups in total. The van der Waals surface area contributed by atoms with Gasteiger partial charge in [-0.15, -0.1) is 0 Å². The minimum absolute atomic E-state index is 0.0719. The number of nitrogens with two attached hydrogens (primary N) is 1. The summed E-state index contributed by atoms with van der Waals surface area (Å²) in [5, 5.41) is 1.51. The minimum atomic E-state index is -0.516. The van der Waals surface area contributed by atoms with Gasteiger partial charge >= 0.3 is 5.97 Å². The molecule has 0 unspecified atom stereocenters. The Labute approximate surface area is 103 Å². The summed E-state index contributed by atoms with van der Waals surface area (Å²) in [7, 11) is 0. The Morgan fingerprint density at radius 3 is 2.89 bits per heavy atom. The molecule has 0 aliphatic rings. The lowest BCUT2D eigenvalue weighted by Crippen LogP contribution is -2.28. The van der Waals surface area contributed by atoms with Crippen molar-refractivity contribution in [3.8, 4) is 0 Å². The highest BCUT2D eigenvalue weighted by Crippen LogP contribution is 2.08. The standard InChI is InChI=1S/C12H13N3O3/c13-14-18-11(16)6-8-15-7-5-9-3-1-2-4-10(9)12(15)17/h1-5,7,14H,6,8,13H2. The maximum Gasteiger partial charge on any atom is 0.328 e. The van der Waals surface area contributed by atoms with Crippen molar-refractivity contribution in [3.63, 3.8) is 0 Å². The van der Waals surface area contributed by atoms with Gasteiger partial charge in [-0.05, 0) is 17.5 Å². The molecule has 0 bridgehead atoms. The first-order valence-electron chi connectivity index (χ1n) is 5.46. The van der Waals surface area contributed by atoms with Gasteiger partial charge in [-0.3, -0.25) is 9.59 Å². The van der Waals surface area contributed by atoms with E-state index >= 15 is 0 Å². The molecule has 0 fully saturated rings. The van der Waals surface area contributed by atoms with Crippen LogP contribution in [0.1, 0.15) is 6.42 Å². The van der Waals surface area contributed by atoms with Crippen molar-refractivity contribution < 1.29 is 9.63 Å². The predicted octanol–water partition coefficient (Wildman–Crippen LogP) is 0.313. The lowest BCUT2D eigenvalue weighted by Gasteiger charge is -2.06. The second-order valence-corrected chi connectivity index (χ2v) is 3.74. The molecule has 2 rings (SSSR count). The molecule has 1 aromatic heterocycles. The number of hydrogen-bond acceptors (Lipinski definition) is 5. The summed E-state index contributed by atoms with van der Waals surface area (Å²) in [6, 6.07) is 9.14. The van der Waals surface area contributed by atoms with Crippen molar-refractivity contribution >= 4 is 16.7 Å². The molecule has 0 radical (unpaired) electrons. The first-order valence-corrected chi connectivity index (χ1v) is 5.46. The second-order valence-electron chi connectivity index (χ2n) is 3.74. The largest absolute Gasteiger partial charge is 0.356 e. The first-order chi connectivity index (χ1) is 8.72. The molecule has 1 aromatic carbocycles. The van der Waals surface area contributed by atoms with Crippen LogP contribution in [0, 0.1) is 0 Å². The van der Waals surface area contributed by atoms with Gasteiger partial charge in [-0.1, -0.05) is 23.8 Å². The van der Waals surface area contributed by atoms with Crippen LogP contribution in [0.5, 0.6) is 0 Å². The Morgan fingerprint density at radius 2 is 2.11 bits per heavy atom. The van der Waals surface area contributed by atoms with Crippen molar-refractivity contribution in [2.24, 2.45) is 5.84 Å². The number of nitrogens with zero attached hydrogens (tertiary/aromatic N) is 1. The Bertz CT molecular complexity index is 621. The lowest BCUT2D eigenvalue weighted by atomic mass is 10.2. The third kappa shape index (κ3) is 2.55. The summed E-state index contributed by atoms with van der Waals surface area (Å²) in [6.45, 7) is 0.254. The van der Waals surface area contributed by atoms with Crippen LogP contribution in [-0.4, -0.2) is 10.5 Å². The SMILES string of the molecule is NNOC(=O)CCn1ccc2ccccc2c1=O. The average molecular weight is 247 g/mol. The van der Waals surface area contributed by atoms with Crippen molar-refractivity contribution in [1.29, 1.82) is 0 Å². The summed E-state index contributed by atoms with van der Waals surface area (Å²) < 4.78 is 1.47. The van der Waals surface area contributed by atoms with Crippen LogP contribution in [0.2, 0.25) is 0 Å². The highest BCUT2D eigenvalue weighted by molar-refractivity contribution is 5.81. The van der Waals surface area contributed by atoms with E-state index in [0.717, 1.165) is 5.39 Å². The molecule has 0 saturated heterocycles. The average Bonchev–Trinajstić information content (AvgIpc) is 2.39. The van der Waals surface area contributed by atoms with Gasteiger partial charge in [0, 0.05) is 18.1 Å². The van der Waals surface area contributed by atoms with E-state index in [1.165, 1.54) is 4.57 Å². The first kappa shape index (κ1) is 12.3. The van der Waals surface area contributed by atoms with Crippen LogP contribution in [0.4, 0.5) is 0 Å². The highest BCUT2D eigenvalue weighted by atomic mass is 16.7. The Kier molecular flexibility index (Phi) is 3.71. The van der Waals surface area contributed by atoms with Crippen LogP contribution in [0.25, 0.3) is 10.8 Å². The van der Waals surface area contributed by atoms with Gasteiger partial charge in [0.25, 0.3) is 5.56 Å². The van der Waals surface area contributed by atoms with Gasteiger partial charge in [-0.2, -0.15) is 0 Å². The smallest absolute Gasteiger partial charge is 0.328 e. The lowest BCUT2D eigenvalue weighted by molar-refractivity contribution is -0.151. The van der Waals surface area contributed by atoms with Crippen LogP contribution in [0.15, 0.2) is 41.3 Å². The number of carbonyl (C=O) groups is 1. The third-order valence-corrected chi connectivity index (χ3v) is 2.62. The quantitative estimate of drug-likeness (QED) is 0.600. The van der Waals surface area contributed by atoms with Crippen molar-refractivity contribution in [2.45, 2.75) is 13.0 Å². The van der Waals surface area contributed by atoms with Gasteiger partial charge in [0.15, 0.2) is 0 Å². The molecular formula is C12H13N3O3. The molecule has 94 valence electrons. The number of hydrogen-bond donors (Lipinski definition) is 2. The maximum atomic E-state index is 12.1. The van der Waals surface area contributed by atoms with Crippen molar-refractivity contribution in [3.05, 3.63) is 46.9 Å². The van der Waals surface area contributed by atoms with E-state index in [1.807, 2.05) is 23.8 Å². The zero-order valence-electron chi connectivity index (χ0n) is 9.63. The van der Waals surface area contributed by atoms with Gasteiger partial charge in [-0.25, -0.2) is 5.84 Å². The monoisotopic (exact) mass is 247 g/mol. The molecule has 0 amide bonds. The molecule has 6 heteroatoms. The van der Waals surface area contributed by atoms with Crippen molar-refractivity contribution in [2.75, 3.05) is 0 Å². The predicted molar refractivity (Wildman–Crippen MR) is 66.2 cm³/mol. The molecule has 0 atom stereocenters. The van der Waals surface area contributed by atoms with Gasteiger partial charge in [0.2, 0.25) is 0 Å². The number of aryl methyl sites for hydroxylation is 1. The fraction of sp³-hybridized carbons (Fsp3) is 0.167. The van der Waals surface area contributed by atoms with Gasteiger partial charge < -0.3 is 9.40 Å². The summed E-state index contributed by atoms with van der Waals surface area (Å²) in [5.41, 5.74) is 1.69. The fourth-order valence-electron chi connectivity index (χ4n) is 1.73. The summed E-state index contributed by atoms with van der Waals surface area (Å²) in [4.78, 5) is 27.5. The fourth-order valence-corrected chi connectivity index (χ4v) is 1.73. The van der Waals surface area contributed by atoms with Crippen LogP contribution >= 0.6 is 0 Å². The summed E-state index contributed by atoms with van der Waals surface area (Å²) in [6.07, 6.45) is 1.73. The summed E-state index contributed by atoms with van der Waals surface area (Å²) in [5.74, 6) is 4.32. The Morgan fingerprint density at radius 1 is 1.33 bits per heavy atom. The van der Waals surface area contributed by atoms with Crippen molar-refractivity contribution in [1.82, 2.24) is 10.2 Å². The van der Waals surface area contributed by atoms with E-state index in [9.17, 15) is 9.59 Å². The number of nitrogens with one attached hydrogen (secondary N) is 1. The molecule has 0 saturated carbocycles. The minimum Gasteiger partial charge on any atom is -0.356 e. The number of hydrazine groups is 1. The number of aromatic nitrogens is 1. The molecule has 6 nitrogen and oxygen atoms in total. The molecule has 0 aliphatic heterocycles. The Balaban J connectivity index is 2.22. The number of rotatable bonds is 4. The van der Waals surface area contributed by atoms with Gasteiger partial charge in [0.05, 0.1) is 6.42 Å². The Hall–Kier alpha value is -2.18. The normalized spacial score (nSPS) is 10.5. The molecular weight excluding hydrogens is 234 g/mol. The third-order valence-electron chi connectivity index (χ3n) is 2.62. The van der Waals surface area contributed by atoms with E-state index in [0.29, 0.717) is 5.39 Å². The molecule has 0 aliphatic carbocycles. The van der Waals surface area contributed by atoms with Gasteiger partial charge in [0.1, 0.15) is 0 Å². The molecule has 0 spiro atoms. The van der Waals surface area contributed by atoms with Crippen LogP contribution in [-0.2, 0) is 16.2 Å². The molecule has 18 heavy (non-hydrogen) atoms. The maximum absolute atomic E-state index is 12.1. The van der Waals surface area contributed by atoms with E-state index in [-0.39, 0.29) is 18.5 Å². The number of carbonyl (C=O) groups excluding carboxylic acids is 1. The van der Waals surface area contributed by atoms with E-state index in [2.05, 4.69) is 4.84 Å². The number of pyridine rings is 1. The zero-order chi connectivity index (χ0) is 13.0. The highest BCUT2D eigenvalue weighted by Gasteiger charge is 2.05. The van der Waals surface area contributed by atoms with Crippen LogP contribution in [0.3, 0.4) is 0 Å². The van der Waals surface area contributed by atoms with E-state index in [4.69, 9.17) is 5.84 Å². The van der Waals surface area contributed by atoms with E-state index < -0.39 is 5.97 Å². The van der Waals surface area contributed by atoms with E-state index in [1.54, 1.807) is 18.3 Å². The second kappa shape index (κ2) is 5.44. The molecule has 1 heterocycles. The number of benzene rings is 1. The summed E-state index contributed by atoms with van der Waals surface area (Å²) >= 11 is 0. The molecule has 2 aromatic rings. The van der Waals surface area contributed by atoms with Crippen LogP contribution < -0.4 is 17.0 Å². The zero-order valence-corrected chi connectivity index (χ0v) is 9.63. The number of fused-ring (bicyclic) bond motifs is 1. The topological polar surface area (TPSA) is 86.3 Å².